The molecule has 0 spiro atoms. The van der Waals surface area contributed by atoms with E-state index in [1.807, 2.05) is 0 Å². The molecule has 0 aromatic rings. The summed E-state index contributed by atoms with van der Waals surface area (Å²) >= 11 is 0. The lowest BCUT2D eigenvalue weighted by Gasteiger charge is -2.69. The zero-order valence-electron chi connectivity index (χ0n) is 22.4. The van der Waals surface area contributed by atoms with Crippen LogP contribution in [0.5, 0.6) is 0 Å². The summed E-state index contributed by atoms with van der Waals surface area (Å²) in [5.74, 6) is 13.3. The molecule has 0 aliphatic heterocycles. The van der Waals surface area contributed by atoms with Gasteiger partial charge in [-0.25, -0.2) is 0 Å². The van der Waals surface area contributed by atoms with Crippen LogP contribution in [0.3, 0.4) is 0 Å². The molecular weight excluding hydrogens is 440 g/mol. The van der Waals surface area contributed by atoms with Gasteiger partial charge in [-0.2, -0.15) is 0 Å². The Kier molecular flexibility index (Phi) is 4.89. The normalized spacial score (nSPS) is 60.8. The molecule has 2 heteroatoms. The van der Waals surface area contributed by atoms with Crippen LogP contribution in [0.25, 0.3) is 0 Å². The van der Waals surface area contributed by atoms with Gasteiger partial charge in [-0.3, -0.25) is 9.59 Å². The number of hydrogen-bond acceptors (Lipinski definition) is 2. The van der Waals surface area contributed by atoms with Gasteiger partial charge in [0.1, 0.15) is 11.6 Å². The molecule has 9 saturated carbocycles. The van der Waals surface area contributed by atoms with Gasteiger partial charge in [-0.15, -0.1) is 0 Å². The topological polar surface area (TPSA) is 34.1 Å². The summed E-state index contributed by atoms with van der Waals surface area (Å²) in [6.45, 7) is 0. The first kappa shape index (κ1) is 22.2. The van der Waals surface area contributed by atoms with Crippen LogP contribution in [-0.2, 0) is 9.59 Å². The van der Waals surface area contributed by atoms with Crippen LogP contribution in [0.1, 0.15) is 103 Å². The lowest BCUT2D eigenvalue weighted by molar-refractivity contribution is -0.214. The van der Waals surface area contributed by atoms with E-state index in [1.54, 1.807) is 0 Å². The molecule has 2 nitrogen and oxygen atoms in total. The lowest BCUT2D eigenvalue weighted by Crippen LogP contribution is -2.66. The minimum absolute atomic E-state index is 0.432. The Morgan fingerprint density at radius 3 is 1.06 bits per heavy atom. The second-order valence-corrected chi connectivity index (χ2v) is 15.7. The second kappa shape index (κ2) is 7.94. The highest BCUT2D eigenvalue weighted by atomic mass is 16.1. The molecule has 196 valence electrons. The zero-order chi connectivity index (χ0) is 23.7. The molecule has 0 amide bonds. The maximum absolute atomic E-state index is 13.9. The van der Waals surface area contributed by atoms with E-state index >= 15 is 0 Å². The van der Waals surface area contributed by atoms with Crippen molar-refractivity contribution in [1.29, 1.82) is 0 Å². The molecule has 0 aromatic heterocycles. The van der Waals surface area contributed by atoms with Gasteiger partial charge in [-0.05, 0) is 148 Å². The second-order valence-electron chi connectivity index (χ2n) is 15.7. The number of rotatable bonds is 0. The fourth-order valence-corrected chi connectivity index (χ4v) is 14.8. The third-order valence-electron chi connectivity index (χ3n) is 15.4. The summed E-state index contributed by atoms with van der Waals surface area (Å²) in [6.07, 6.45) is 21.5. The molecule has 9 rings (SSSR count). The smallest absolute Gasteiger partial charge is 0.139 e. The summed E-state index contributed by atoms with van der Waals surface area (Å²) in [6, 6.07) is 0. The quantitative estimate of drug-likeness (QED) is 0.357. The number of carbonyl (C=O) groups is 2. The fraction of sp³-hybridized carbons (Fsp3) is 0.941. The molecule has 16 atom stereocenters. The molecular formula is C34H48O2. The molecule has 0 bridgehead atoms. The molecule has 0 N–H and O–H groups in total. The van der Waals surface area contributed by atoms with Crippen molar-refractivity contribution in [2.24, 2.45) is 94.7 Å². The van der Waals surface area contributed by atoms with E-state index in [4.69, 9.17) is 0 Å². The maximum atomic E-state index is 13.9. The van der Waals surface area contributed by atoms with Crippen LogP contribution in [0.4, 0.5) is 0 Å². The van der Waals surface area contributed by atoms with Crippen molar-refractivity contribution in [2.45, 2.75) is 103 Å². The predicted octanol–water partition coefficient (Wildman–Crippen LogP) is 7.35. The highest BCUT2D eigenvalue weighted by Gasteiger charge is 2.67. The van der Waals surface area contributed by atoms with Gasteiger partial charge >= 0.3 is 0 Å². The monoisotopic (exact) mass is 488 g/mol. The van der Waals surface area contributed by atoms with Crippen molar-refractivity contribution in [3.05, 3.63) is 0 Å². The Balaban J connectivity index is 1.09. The van der Waals surface area contributed by atoms with Crippen molar-refractivity contribution in [2.75, 3.05) is 0 Å². The first-order valence-electron chi connectivity index (χ1n) is 16.8. The van der Waals surface area contributed by atoms with E-state index in [1.165, 1.54) is 103 Å². The summed E-state index contributed by atoms with van der Waals surface area (Å²) in [4.78, 5) is 27.8. The first-order valence-corrected chi connectivity index (χ1v) is 16.8. The number of ketones is 2. The average Bonchev–Trinajstić information content (AvgIpc) is 2.94. The Bertz CT molecular complexity index is 869. The standard InChI is InChI=1S/C34H48O2/c35-33-25-7-3-1-5-17(25)19-9-11-21-24-14-16-28-32-20(18-6-2-4-8-26(18)34(28)36)10-12-22(30(24)32)23-13-15-27(33)31(19)29(21)23/h17-32H,1-16H2. The van der Waals surface area contributed by atoms with E-state index in [2.05, 4.69) is 0 Å². The van der Waals surface area contributed by atoms with Crippen LogP contribution in [0, 0.1) is 94.7 Å². The number of Topliss-reactive ketones (excluding diaryl/α,β-unsaturated/α-hetero) is 2. The molecule has 16 unspecified atom stereocenters. The fourth-order valence-electron chi connectivity index (χ4n) is 14.8. The van der Waals surface area contributed by atoms with Crippen LogP contribution < -0.4 is 0 Å². The van der Waals surface area contributed by atoms with Gasteiger partial charge in [0.25, 0.3) is 0 Å². The summed E-state index contributed by atoms with van der Waals surface area (Å²) in [7, 11) is 0. The van der Waals surface area contributed by atoms with E-state index in [0.29, 0.717) is 23.7 Å². The highest BCUT2D eigenvalue weighted by molar-refractivity contribution is 5.86. The summed E-state index contributed by atoms with van der Waals surface area (Å²) < 4.78 is 0. The Morgan fingerprint density at radius 1 is 0.306 bits per heavy atom. The molecule has 9 aliphatic rings. The molecule has 0 heterocycles. The third-order valence-corrected chi connectivity index (χ3v) is 15.4. The molecule has 9 fully saturated rings. The van der Waals surface area contributed by atoms with Crippen LogP contribution >= 0.6 is 0 Å². The zero-order valence-corrected chi connectivity index (χ0v) is 22.4. The van der Waals surface area contributed by atoms with Gasteiger partial charge in [0, 0.05) is 23.7 Å². The van der Waals surface area contributed by atoms with Crippen LogP contribution in [0.15, 0.2) is 0 Å². The van der Waals surface area contributed by atoms with Gasteiger partial charge < -0.3 is 0 Å². The van der Waals surface area contributed by atoms with E-state index in [9.17, 15) is 9.59 Å². The van der Waals surface area contributed by atoms with E-state index in [-0.39, 0.29) is 0 Å². The molecule has 0 aromatic carbocycles. The SMILES string of the molecule is O=C1C2CCCCC2C2CCC3C4CCC5C(=O)C6CCCCC6C6CCC(C7CCC1C2C73)C4C56. The molecule has 36 heavy (non-hydrogen) atoms. The highest BCUT2D eigenvalue weighted by Crippen LogP contribution is 2.71. The van der Waals surface area contributed by atoms with Gasteiger partial charge in [0.05, 0.1) is 0 Å². The molecule has 9 aliphatic carbocycles. The van der Waals surface area contributed by atoms with Crippen molar-refractivity contribution in [3.8, 4) is 0 Å². The minimum atomic E-state index is 0.432. The van der Waals surface area contributed by atoms with E-state index in [0.717, 1.165) is 82.6 Å². The van der Waals surface area contributed by atoms with E-state index < -0.39 is 0 Å². The lowest BCUT2D eigenvalue weighted by atomic mass is 9.35. The maximum Gasteiger partial charge on any atom is 0.139 e. The van der Waals surface area contributed by atoms with Crippen molar-refractivity contribution < 1.29 is 9.59 Å². The first-order chi connectivity index (χ1) is 17.7. The average molecular weight is 489 g/mol. The number of carbonyl (C=O) groups excluding carboxylic acids is 2. The van der Waals surface area contributed by atoms with Crippen molar-refractivity contribution >= 4 is 11.6 Å². The van der Waals surface area contributed by atoms with Gasteiger partial charge in [-0.1, -0.05) is 25.7 Å². The Hall–Kier alpha value is -0.660. The predicted molar refractivity (Wildman–Crippen MR) is 140 cm³/mol. The summed E-state index contributed by atoms with van der Waals surface area (Å²) in [5, 5.41) is 0. The number of hydrogen-bond donors (Lipinski definition) is 0. The van der Waals surface area contributed by atoms with Crippen molar-refractivity contribution in [1.82, 2.24) is 0 Å². The van der Waals surface area contributed by atoms with Gasteiger partial charge in [0.2, 0.25) is 0 Å². The largest absolute Gasteiger partial charge is 0.299 e. The summed E-state index contributed by atoms with van der Waals surface area (Å²) in [5.41, 5.74) is 0. The number of fused-ring (bicyclic) bond motifs is 6. The third kappa shape index (κ3) is 2.71. The van der Waals surface area contributed by atoms with Gasteiger partial charge in [0.15, 0.2) is 0 Å². The van der Waals surface area contributed by atoms with Crippen molar-refractivity contribution in [3.63, 3.8) is 0 Å². The van der Waals surface area contributed by atoms with Crippen LogP contribution in [-0.4, -0.2) is 11.6 Å². The Morgan fingerprint density at radius 2 is 0.639 bits per heavy atom. The minimum Gasteiger partial charge on any atom is -0.299 e. The molecule has 0 saturated heterocycles. The van der Waals surface area contributed by atoms with Crippen LogP contribution in [0.2, 0.25) is 0 Å². The Labute approximate surface area is 218 Å². The molecule has 0 radical (unpaired) electrons.